The van der Waals surface area contributed by atoms with E-state index in [-0.39, 0.29) is 41.5 Å². The first-order valence-corrected chi connectivity index (χ1v) is 11.7. The Bertz CT molecular complexity index is 944. The number of ether oxygens (including phenoxy) is 2. The standard InChI is InChI=1S/C26H34O6/c1-6-31-23(29)32-14-22(28)26(30)16(3)12-21-19-8-7-17-13-18(27)9-10-24(17,4)20(19)11-15(2)25(21,26)5/h9-11,13,15-16,19,21,30H,6-8,12,14H2,1-5H3/t15-,16+,19?,21?,24+,25+,26+/m1/s1. The highest BCUT2D eigenvalue weighted by Crippen LogP contribution is 2.67. The zero-order valence-electron chi connectivity index (χ0n) is 19.6. The van der Waals surface area contributed by atoms with Crippen molar-refractivity contribution in [3.05, 3.63) is 35.5 Å². The summed E-state index contributed by atoms with van der Waals surface area (Å²) >= 11 is 0. The molecule has 1 N–H and O–H groups in total. The van der Waals surface area contributed by atoms with Crippen molar-refractivity contribution in [1.29, 1.82) is 0 Å². The summed E-state index contributed by atoms with van der Waals surface area (Å²) in [5, 5.41) is 11.9. The van der Waals surface area contributed by atoms with E-state index in [1.54, 1.807) is 19.1 Å². The third-order valence-electron chi connectivity index (χ3n) is 9.07. The molecule has 2 saturated carbocycles. The van der Waals surface area contributed by atoms with Crippen LogP contribution in [0.25, 0.3) is 0 Å². The quantitative estimate of drug-likeness (QED) is 0.519. The fourth-order valence-electron chi connectivity index (χ4n) is 7.19. The van der Waals surface area contributed by atoms with E-state index < -0.39 is 29.6 Å². The first-order valence-electron chi connectivity index (χ1n) is 11.7. The van der Waals surface area contributed by atoms with Crippen LogP contribution >= 0.6 is 0 Å². The predicted octanol–water partition coefficient (Wildman–Crippen LogP) is 4.18. The number of allylic oxidation sites excluding steroid dienone is 6. The highest BCUT2D eigenvalue weighted by molar-refractivity contribution is 6.01. The molecular formula is C26H34O6. The summed E-state index contributed by atoms with van der Waals surface area (Å²) in [5.74, 6) is -0.402. The topological polar surface area (TPSA) is 89.9 Å². The number of aliphatic hydroxyl groups is 1. The number of hydrogen-bond donors (Lipinski definition) is 1. The maximum absolute atomic E-state index is 13.3. The van der Waals surface area contributed by atoms with Crippen LogP contribution in [0.2, 0.25) is 0 Å². The van der Waals surface area contributed by atoms with Gasteiger partial charge >= 0.3 is 6.16 Å². The fourth-order valence-corrected chi connectivity index (χ4v) is 7.19. The normalized spacial score (nSPS) is 42.2. The fraction of sp³-hybridized carbons (Fsp3) is 0.654. The summed E-state index contributed by atoms with van der Waals surface area (Å²) in [6, 6.07) is 0. The predicted molar refractivity (Wildman–Crippen MR) is 119 cm³/mol. The molecule has 0 amide bonds. The largest absolute Gasteiger partial charge is 0.508 e. The van der Waals surface area contributed by atoms with Crippen molar-refractivity contribution < 1.29 is 29.0 Å². The molecule has 4 rings (SSSR count). The van der Waals surface area contributed by atoms with Gasteiger partial charge in [0.25, 0.3) is 0 Å². The van der Waals surface area contributed by atoms with E-state index in [1.807, 2.05) is 19.9 Å². The Labute approximate surface area is 189 Å². The van der Waals surface area contributed by atoms with Crippen LogP contribution in [-0.4, -0.2) is 41.6 Å². The Morgan fingerprint density at radius 1 is 1.22 bits per heavy atom. The van der Waals surface area contributed by atoms with Gasteiger partial charge in [0.05, 0.1) is 6.61 Å². The number of ketones is 2. The minimum atomic E-state index is -1.60. The second-order valence-corrected chi connectivity index (χ2v) is 10.4. The average molecular weight is 443 g/mol. The van der Waals surface area contributed by atoms with E-state index >= 15 is 0 Å². The Morgan fingerprint density at radius 3 is 2.62 bits per heavy atom. The maximum Gasteiger partial charge on any atom is 0.508 e. The van der Waals surface area contributed by atoms with Gasteiger partial charge in [-0.2, -0.15) is 0 Å². The Hall–Kier alpha value is -2.21. The molecule has 0 heterocycles. The Balaban J connectivity index is 1.70. The molecule has 0 aromatic carbocycles. The summed E-state index contributed by atoms with van der Waals surface area (Å²) in [7, 11) is 0. The summed E-state index contributed by atoms with van der Waals surface area (Å²) in [6.07, 6.45) is 9.27. The SMILES string of the molecule is CCOC(=O)OCC(=O)[C@@]1(O)[C@@H](C)CC2C3CCC4=CC(=O)C=C[C@]4(C)C3=C[C@@H](C)[C@@]21C. The van der Waals surface area contributed by atoms with Gasteiger partial charge in [-0.1, -0.05) is 44.1 Å². The number of fused-ring (bicyclic) bond motifs is 5. The Morgan fingerprint density at radius 2 is 1.94 bits per heavy atom. The zero-order valence-corrected chi connectivity index (χ0v) is 19.6. The molecule has 32 heavy (non-hydrogen) atoms. The van der Waals surface area contributed by atoms with Gasteiger partial charge < -0.3 is 14.6 Å². The number of Topliss-reactive ketones (excluding diaryl/α,β-unsaturated/α-hetero) is 1. The van der Waals surface area contributed by atoms with Crippen LogP contribution in [0.5, 0.6) is 0 Å². The van der Waals surface area contributed by atoms with Gasteiger partial charge in [-0.15, -0.1) is 0 Å². The highest BCUT2D eigenvalue weighted by Gasteiger charge is 2.69. The zero-order chi connectivity index (χ0) is 23.5. The van der Waals surface area contributed by atoms with Gasteiger partial charge in [0, 0.05) is 10.8 Å². The summed E-state index contributed by atoms with van der Waals surface area (Å²) in [4.78, 5) is 36.9. The first-order chi connectivity index (χ1) is 15.0. The van der Waals surface area contributed by atoms with E-state index in [0.29, 0.717) is 0 Å². The second-order valence-electron chi connectivity index (χ2n) is 10.4. The van der Waals surface area contributed by atoms with Crippen LogP contribution in [0.3, 0.4) is 0 Å². The third kappa shape index (κ3) is 2.98. The second kappa shape index (κ2) is 7.68. The minimum absolute atomic E-state index is 0.0429. The van der Waals surface area contributed by atoms with Crippen LogP contribution in [0.15, 0.2) is 35.5 Å². The van der Waals surface area contributed by atoms with Gasteiger partial charge in [-0.25, -0.2) is 4.79 Å². The molecule has 0 aliphatic heterocycles. The molecule has 2 fully saturated rings. The molecule has 4 aliphatic rings. The molecule has 0 radical (unpaired) electrons. The van der Waals surface area contributed by atoms with Crippen molar-refractivity contribution in [2.45, 2.75) is 59.5 Å². The molecule has 7 atom stereocenters. The first kappa shape index (κ1) is 23.0. The number of rotatable bonds is 4. The van der Waals surface area contributed by atoms with Gasteiger partial charge in [0.1, 0.15) is 5.60 Å². The van der Waals surface area contributed by atoms with Gasteiger partial charge in [0.15, 0.2) is 12.4 Å². The molecular weight excluding hydrogens is 408 g/mol. The van der Waals surface area contributed by atoms with E-state index in [0.717, 1.165) is 24.8 Å². The molecule has 174 valence electrons. The maximum atomic E-state index is 13.3. The van der Waals surface area contributed by atoms with E-state index in [9.17, 15) is 19.5 Å². The van der Waals surface area contributed by atoms with E-state index in [4.69, 9.17) is 9.47 Å². The van der Waals surface area contributed by atoms with Gasteiger partial charge in [0.2, 0.25) is 5.78 Å². The molecule has 0 saturated heterocycles. The van der Waals surface area contributed by atoms with Crippen molar-refractivity contribution in [2.24, 2.45) is 34.5 Å². The van der Waals surface area contributed by atoms with Crippen molar-refractivity contribution in [1.82, 2.24) is 0 Å². The third-order valence-corrected chi connectivity index (χ3v) is 9.07. The minimum Gasteiger partial charge on any atom is -0.435 e. The molecule has 0 spiro atoms. The number of carbonyl (C=O) groups excluding carboxylic acids is 3. The molecule has 2 unspecified atom stereocenters. The van der Waals surface area contributed by atoms with Crippen molar-refractivity contribution in [3.63, 3.8) is 0 Å². The van der Waals surface area contributed by atoms with Gasteiger partial charge in [-0.05, 0) is 68.9 Å². The molecule has 0 aromatic rings. The van der Waals surface area contributed by atoms with Crippen molar-refractivity contribution in [2.75, 3.05) is 13.2 Å². The van der Waals surface area contributed by atoms with E-state index in [2.05, 4.69) is 19.9 Å². The lowest BCUT2D eigenvalue weighted by atomic mass is 9.48. The van der Waals surface area contributed by atoms with Crippen LogP contribution in [0.1, 0.15) is 53.9 Å². The lowest BCUT2D eigenvalue weighted by Gasteiger charge is -2.56. The Kier molecular flexibility index (Phi) is 5.51. The molecule has 0 aromatic heterocycles. The van der Waals surface area contributed by atoms with Crippen LogP contribution in [-0.2, 0) is 19.1 Å². The van der Waals surface area contributed by atoms with Crippen LogP contribution in [0, 0.1) is 34.5 Å². The highest BCUT2D eigenvalue weighted by atomic mass is 16.7. The van der Waals surface area contributed by atoms with Crippen molar-refractivity contribution in [3.8, 4) is 0 Å². The smallest absolute Gasteiger partial charge is 0.435 e. The van der Waals surface area contributed by atoms with Crippen molar-refractivity contribution >= 4 is 17.7 Å². The van der Waals surface area contributed by atoms with E-state index in [1.165, 1.54) is 5.57 Å². The lowest BCUT2D eigenvalue weighted by Crippen LogP contribution is -2.60. The molecule has 4 aliphatic carbocycles. The van der Waals surface area contributed by atoms with Crippen LogP contribution < -0.4 is 0 Å². The molecule has 6 heteroatoms. The number of hydrogen-bond acceptors (Lipinski definition) is 6. The summed E-state index contributed by atoms with van der Waals surface area (Å²) in [6.45, 7) is 9.52. The lowest BCUT2D eigenvalue weighted by molar-refractivity contribution is -0.167. The molecule has 0 bridgehead atoms. The average Bonchev–Trinajstić information content (AvgIpc) is 2.96. The summed E-state index contributed by atoms with van der Waals surface area (Å²) in [5.41, 5.74) is -0.0977. The monoisotopic (exact) mass is 442 g/mol. The number of carbonyl (C=O) groups is 3. The van der Waals surface area contributed by atoms with Crippen LogP contribution in [0.4, 0.5) is 4.79 Å². The molecule has 6 nitrogen and oxygen atoms in total. The summed E-state index contributed by atoms with van der Waals surface area (Å²) < 4.78 is 9.77. The van der Waals surface area contributed by atoms with Gasteiger partial charge in [-0.3, -0.25) is 9.59 Å².